The topological polar surface area (TPSA) is 70.7 Å². The third kappa shape index (κ3) is 3.32. The van der Waals surface area contributed by atoms with E-state index in [2.05, 4.69) is 10.6 Å². The Hall–Kier alpha value is -2.97. The molecule has 28 heavy (non-hydrogen) atoms. The standard InChI is InChI=1S/C20H18FN3O3S/c1-27-11-14-17-15(21)3-2-4-16(17)28-18(14)19(25)23-12-5-7-13(8-6-12)24-10-9-22-20(24)26/h2-8H,9-11H2,1H3,(H,22,26)(H,23,25). The van der Waals surface area contributed by atoms with Crippen LogP contribution >= 0.6 is 11.3 Å². The second-order valence-corrected chi connectivity index (χ2v) is 7.39. The number of hydrogen-bond acceptors (Lipinski definition) is 4. The van der Waals surface area contributed by atoms with E-state index in [-0.39, 0.29) is 24.4 Å². The van der Waals surface area contributed by atoms with Crippen LogP contribution in [0.4, 0.5) is 20.6 Å². The van der Waals surface area contributed by atoms with E-state index in [0.717, 1.165) is 5.69 Å². The molecule has 2 N–H and O–H groups in total. The van der Waals surface area contributed by atoms with Crippen molar-refractivity contribution in [2.75, 3.05) is 30.4 Å². The van der Waals surface area contributed by atoms with Crippen molar-refractivity contribution in [1.82, 2.24) is 5.32 Å². The molecule has 4 rings (SSSR count). The Morgan fingerprint density at radius 1 is 1.29 bits per heavy atom. The minimum Gasteiger partial charge on any atom is -0.380 e. The van der Waals surface area contributed by atoms with Crippen molar-refractivity contribution < 1.29 is 18.7 Å². The quantitative estimate of drug-likeness (QED) is 0.682. The van der Waals surface area contributed by atoms with Crippen LogP contribution in [0.5, 0.6) is 0 Å². The molecule has 0 saturated carbocycles. The molecule has 1 aliphatic heterocycles. The van der Waals surface area contributed by atoms with E-state index in [4.69, 9.17) is 4.74 Å². The van der Waals surface area contributed by atoms with Crippen LogP contribution < -0.4 is 15.5 Å². The van der Waals surface area contributed by atoms with Gasteiger partial charge in [-0.2, -0.15) is 0 Å². The number of methoxy groups -OCH3 is 1. The summed E-state index contributed by atoms with van der Waals surface area (Å²) in [4.78, 5) is 26.6. The first-order valence-corrected chi connectivity index (χ1v) is 9.55. The first-order valence-electron chi connectivity index (χ1n) is 8.74. The van der Waals surface area contributed by atoms with Crippen LogP contribution in [-0.4, -0.2) is 32.1 Å². The van der Waals surface area contributed by atoms with Crippen molar-refractivity contribution in [3.8, 4) is 0 Å². The maximum Gasteiger partial charge on any atom is 0.321 e. The minimum atomic E-state index is -0.368. The molecule has 0 bridgehead atoms. The van der Waals surface area contributed by atoms with E-state index in [1.165, 1.54) is 24.5 Å². The number of nitrogens with zero attached hydrogens (tertiary/aromatic N) is 1. The molecular formula is C20H18FN3O3S. The van der Waals surface area contributed by atoms with Crippen LogP contribution in [0, 0.1) is 5.82 Å². The highest BCUT2D eigenvalue weighted by atomic mass is 32.1. The van der Waals surface area contributed by atoms with E-state index in [1.807, 2.05) is 0 Å². The van der Waals surface area contributed by atoms with Gasteiger partial charge in [0, 0.05) is 47.2 Å². The summed E-state index contributed by atoms with van der Waals surface area (Å²) in [5.74, 6) is -0.688. The maximum absolute atomic E-state index is 14.3. The van der Waals surface area contributed by atoms with Gasteiger partial charge in [0.1, 0.15) is 5.82 Å². The molecule has 0 unspecified atom stereocenters. The van der Waals surface area contributed by atoms with Crippen LogP contribution in [0.1, 0.15) is 15.2 Å². The van der Waals surface area contributed by atoms with E-state index in [1.54, 1.807) is 41.3 Å². The Morgan fingerprint density at radius 3 is 2.75 bits per heavy atom. The number of carbonyl (C=O) groups excluding carboxylic acids is 2. The van der Waals surface area contributed by atoms with E-state index >= 15 is 0 Å². The van der Waals surface area contributed by atoms with Gasteiger partial charge in [-0.15, -0.1) is 11.3 Å². The SMILES string of the molecule is COCc1c(C(=O)Nc2ccc(N3CCNC3=O)cc2)sc2cccc(F)c12. The summed E-state index contributed by atoms with van der Waals surface area (Å²) in [5, 5.41) is 6.01. The second kappa shape index (κ2) is 7.57. The maximum atomic E-state index is 14.3. The van der Waals surface area contributed by atoms with E-state index < -0.39 is 0 Å². The number of thiophene rings is 1. The highest BCUT2D eigenvalue weighted by Crippen LogP contribution is 2.34. The summed E-state index contributed by atoms with van der Waals surface area (Å²) in [6.45, 7) is 1.37. The zero-order chi connectivity index (χ0) is 19.7. The Kier molecular flexibility index (Phi) is 4.97. The first-order chi connectivity index (χ1) is 13.6. The van der Waals surface area contributed by atoms with Crippen LogP contribution in [0.25, 0.3) is 10.1 Å². The fourth-order valence-electron chi connectivity index (χ4n) is 3.26. The fourth-order valence-corrected chi connectivity index (χ4v) is 4.38. The van der Waals surface area contributed by atoms with Gasteiger partial charge in [0.25, 0.3) is 5.91 Å². The molecular weight excluding hydrogens is 381 g/mol. The zero-order valence-electron chi connectivity index (χ0n) is 15.1. The van der Waals surface area contributed by atoms with Crippen molar-refractivity contribution in [3.63, 3.8) is 0 Å². The molecule has 0 spiro atoms. The third-order valence-corrected chi connectivity index (χ3v) is 5.75. The molecule has 8 heteroatoms. The molecule has 144 valence electrons. The van der Waals surface area contributed by atoms with Crippen LogP contribution in [-0.2, 0) is 11.3 Å². The highest BCUT2D eigenvalue weighted by molar-refractivity contribution is 7.21. The Balaban J connectivity index is 1.59. The van der Waals surface area contributed by atoms with Gasteiger partial charge in [0.2, 0.25) is 0 Å². The summed E-state index contributed by atoms with van der Waals surface area (Å²) < 4.78 is 20.2. The predicted molar refractivity (Wildman–Crippen MR) is 108 cm³/mol. The lowest BCUT2D eigenvalue weighted by molar-refractivity contribution is 0.102. The van der Waals surface area contributed by atoms with E-state index in [0.29, 0.717) is 39.3 Å². The lowest BCUT2D eigenvalue weighted by Crippen LogP contribution is -2.27. The summed E-state index contributed by atoms with van der Waals surface area (Å²) in [5.41, 5.74) is 1.90. The van der Waals surface area contributed by atoms with Crippen molar-refractivity contribution in [2.45, 2.75) is 6.61 Å². The second-order valence-electron chi connectivity index (χ2n) is 6.34. The van der Waals surface area contributed by atoms with Gasteiger partial charge in [-0.1, -0.05) is 6.07 Å². The largest absolute Gasteiger partial charge is 0.380 e. The monoisotopic (exact) mass is 399 g/mol. The molecule has 3 aromatic rings. The van der Waals surface area contributed by atoms with Gasteiger partial charge in [0.15, 0.2) is 0 Å². The zero-order valence-corrected chi connectivity index (χ0v) is 15.9. The number of carbonyl (C=O) groups is 2. The third-order valence-electron chi connectivity index (χ3n) is 4.55. The van der Waals surface area contributed by atoms with Gasteiger partial charge in [-0.3, -0.25) is 9.69 Å². The molecule has 1 fully saturated rings. The number of urea groups is 1. The Morgan fingerprint density at radius 2 is 2.07 bits per heavy atom. The number of hydrogen-bond donors (Lipinski definition) is 2. The van der Waals surface area contributed by atoms with Crippen molar-refractivity contribution >= 4 is 44.7 Å². The number of ether oxygens (including phenoxy) is 1. The number of nitrogens with one attached hydrogen (secondary N) is 2. The van der Waals surface area contributed by atoms with Crippen LogP contribution in [0.2, 0.25) is 0 Å². The summed E-state index contributed by atoms with van der Waals surface area (Å²) in [7, 11) is 1.51. The smallest absolute Gasteiger partial charge is 0.321 e. The van der Waals surface area contributed by atoms with Crippen molar-refractivity contribution in [1.29, 1.82) is 0 Å². The van der Waals surface area contributed by atoms with Gasteiger partial charge >= 0.3 is 6.03 Å². The number of rotatable bonds is 5. The van der Waals surface area contributed by atoms with E-state index in [9.17, 15) is 14.0 Å². The summed E-state index contributed by atoms with van der Waals surface area (Å²) in [6, 6.07) is 11.7. The van der Waals surface area contributed by atoms with Gasteiger partial charge in [-0.05, 0) is 36.4 Å². The molecule has 0 aliphatic carbocycles. The van der Waals surface area contributed by atoms with Crippen LogP contribution in [0.3, 0.4) is 0 Å². The number of anilines is 2. The molecule has 0 atom stereocenters. The number of fused-ring (bicyclic) bond motifs is 1. The summed E-state index contributed by atoms with van der Waals surface area (Å²) in [6.07, 6.45) is 0. The molecule has 1 saturated heterocycles. The Bertz CT molecular complexity index is 1050. The molecule has 6 nitrogen and oxygen atoms in total. The fraction of sp³-hybridized carbons (Fsp3) is 0.200. The number of amides is 3. The van der Waals surface area contributed by atoms with Gasteiger partial charge in [-0.25, -0.2) is 9.18 Å². The summed E-state index contributed by atoms with van der Waals surface area (Å²) >= 11 is 1.24. The molecule has 2 aromatic carbocycles. The highest BCUT2D eigenvalue weighted by Gasteiger charge is 2.22. The first kappa shape index (κ1) is 18.4. The lowest BCUT2D eigenvalue weighted by Gasteiger charge is -2.14. The Labute approximate surface area is 164 Å². The van der Waals surface area contributed by atoms with Crippen molar-refractivity contribution in [2.24, 2.45) is 0 Å². The van der Waals surface area contributed by atoms with Crippen molar-refractivity contribution in [3.05, 3.63) is 58.7 Å². The molecule has 0 radical (unpaired) electrons. The van der Waals surface area contributed by atoms with Crippen LogP contribution in [0.15, 0.2) is 42.5 Å². The number of halogens is 1. The normalized spacial score (nSPS) is 13.8. The molecule has 1 aromatic heterocycles. The van der Waals surface area contributed by atoms with Gasteiger partial charge in [0.05, 0.1) is 11.5 Å². The minimum absolute atomic E-state index is 0.131. The number of benzene rings is 2. The van der Waals surface area contributed by atoms with Gasteiger partial charge < -0.3 is 15.4 Å². The lowest BCUT2D eigenvalue weighted by atomic mass is 10.1. The predicted octanol–water partition coefficient (Wildman–Crippen LogP) is 3.97. The average molecular weight is 399 g/mol. The average Bonchev–Trinajstić information content (AvgIpc) is 3.27. The molecule has 3 amide bonds. The molecule has 1 aliphatic rings. The molecule has 2 heterocycles.